The number of hydrogen-bond donors (Lipinski definition) is 1. The minimum atomic E-state index is -0.634. The molecule has 2 rings (SSSR count). The van der Waals surface area contributed by atoms with E-state index < -0.39 is 12.0 Å². The first-order valence-corrected chi connectivity index (χ1v) is 9.63. The Balaban J connectivity index is 2.27. The SMILES string of the molecule is CCOC(=O)c1[nH]c(C)c(C(=O)C(C)N(CC2CCCO2)C(=O)CC)c1C. The summed E-state index contributed by atoms with van der Waals surface area (Å²) < 4.78 is 10.7. The van der Waals surface area contributed by atoms with Crippen LogP contribution in [-0.4, -0.2) is 59.4 Å². The maximum absolute atomic E-state index is 13.2. The number of carbonyl (C=O) groups excluding carboxylic acids is 3. The molecule has 1 aromatic heterocycles. The van der Waals surface area contributed by atoms with Crippen molar-refractivity contribution in [2.45, 2.75) is 66.0 Å². The van der Waals surface area contributed by atoms with E-state index in [0.717, 1.165) is 12.8 Å². The van der Waals surface area contributed by atoms with E-state index in [2.05, 4.69) is 4.98 Å². The van der Waals surface area contributed by atoms with Gasteiger partial charge in [-0.3, -0.25) is 9.59 Å². The highest BCUT2D eigenvalue weighted by molar-refractivity contribution is 6.06. The molecule has 0 spiro atoms. The van der Waals surface area contributed by atoms with E-state index in [1.54, 1.807) is 39.5 Å². The van der Waals surface area contributed by atoms with Crippen molar-refractivity contribution in [3.63, 3.8) is 0 Å². The van der Waals surface area contributed by atoms with Crippen LogP contribution in [0.4, 0.5) is 0 Å². The molecule has 1 aromatic rings. The molecule has 1 amide bonds. The molecule has 1 fully saturated rings. The Morgan fingerprint density at radius 3 is 2.56 bits per heavy atom. The van der Waals surface area contributed by atoms with Gasteiger partial charge in [0.05, 0.1) is 18.8 Å². The van der Waals surface area contributed by atoms with E-state index >= 15 is 0 Å². The third-order valence-electron chi connectivity index (χ3n) is 5.06. The molecule has 0 bridgehead atoms. The number of esters is 1. The van der Waals surface area contributed by atoms with Gasteiger partial charge in [-0.15, -0.1) is 0 Å². The van der Waals surface area contributed by atoms with E-state index in [9.17, 15) is 14.4 Å². The first kappa shape index (κ1) is 21.2. The van der Waals surface area contributed by atoms with Crippen molar-refractivity contribution in [2.24, 2.45) is 0 Å². The maximum Gasteiger partial charge on any atom is 0.355 e. The maximum atomic E-state index is 13.2. The topological polar surface area (TPSA) is 88.7 Å². The van der Waals surface area contributed by atoms with Gasteiger partial charge >= 0.3 is 5.97 Å². The Morgan fingerprint density at radius 1 is 1.30 bits per heavy atom. The Morgan fingerprint density at radius 2 is 2.00 bits per heavy atom. The van der Waals surface area contributed by atoms with E-state index in [1.165, 1.54) is 0 Å². The molecule has 1 aliphatic heterocycles. The van der Waals surface area contributed by atoms with Crippen LogP contribution < -0.4 is 0 Å². The zero-order valence-electron chi connectivity index (χ0n) is 16.9. The average molecular weight is 378 g/mol. The third-order valence-corrected chi connectivity index (χ3v) is 5.06. The first-order valence-electron chi connectivity index (χ1n) is 9.63. The fourth-order valence-electron chi connectivity index (χ4n) is 3.56. The lowest BCUT2D eigenvalue weighted by atomic mass is 9.99. The van der Waals surface area contributed by atoms with Crippen LogP contribution in [0.25, 0.3) is 0 Å². The van der Waals surface area contributed by atoms with Gasteiger partial charge in [0.25, 0.3) is 0 Å². The Hall–Kier alpha value is -2.15. The lowest BCUT2D eigenvalue weighted by molar-refractivity contribution is -0.133. The molecule has 1 N–H and O–H groups in total. The van der Waals surface area contributed by atoms with Crippen molar-refractivity contribution in [2.75, 3.05) is 19.8 Å². The van der Waals surface area contributed by atoms with Crippen molar-refractivity contribution in [3.05, 3.63) is 22.5 Å². The summed E-state index contributed by atoms with van der Waals surface area (Å²) in [5.41, 5.74) is 1.90. The Labute approximate surface area is 160 Å². The summed E-state index contributed by atoms with van der Waals surface area (Å²) in [4.78, 5) is 42.4. The zero-order valence-corrected chi connectivity index (χ0v) is 16.9. The zero-order chi connectivity index (χ0) is 20.1. The number of nitrogens with one attached hydrogen (secondary N) is 1. The van der Waals surface area contributed by atoms with Crippen molar-refractivity contribution in [1.82, 2.24) is 9.88 Å². The van der Waals surface area contributed by atoms with Crippen molar-refractivity contribution >= 4 is 17.7 Å². The molecule has 7 heteroatoms. The fourth-order valence-corrected chi connectivity index (χ4v) is 3.56. The number of aromatic nitrogens is 1. The summed E-state index contributed by atoms with van der Waals surface area (Å²) in [6, 6.07) is -0.634. The summed E-state index contributed by atoms with van der Waals surface area (Å²) in [5.74, 6) is -0.745. The van der Waals surface area contributed by atoms with Crippen LogP contribution in [0, 0.1) is 13.8 Å². The van der Waals surface area contributed by atoms with Gasteiger partial charge in [-0.05, 0) is 46.1 Å². The summed E-state index contributed by atoms with van der Waals surface area (Å²) in [6.45, 7) is 10.1. The largest absolute Gasteiger partial charge is 0.461 e. The number of H-pyrrole nitrogens is 1. The quantitative estimate of drug-likeness (QED) is 0.555. The van der Waals surface area contributed by atoms with Crippen molar-refractivity contribution in [1.29, 1.82) is 0 Å². The van der Waals surface area contributed by atoms with Crippen LogP contribution >= 0.6 is 0 Å². The number of nitrogens with zero attached hydrogens (tertiary/aromatic N) is 1. The molecule has 0 saturated carbocycles. The average Bonchev–Trinajstić information content (AvgIpc) is 3.25. The van der Waals surface area contributed by atoms with Gasteiger partial charge in [0.2, 0.25) is 5.91 Å². The number of Topliss-reactive ketones (excluding diaryl/α,β-unsaturated/α-hetero) is 1. The molecule has 0 aromatic carbocycles. The number of ether oxygens (including phenoxy) is 2. The van der Waals surface area contributed by atoms with Crippen LogP contribution in [0.5, 0.6) is 0 Å². The second-order valence-corrected chi connectivity index (χ2v) is 6.92. The number of carbonyl (C=O) groups is 3. The number of aromatic amines is 1. The van der Waals surface area contributed by atoms with Crippen LogP contribution in [-0.2, 0) is 14.3 Å². The number of rotatable bonds is 8. The molecular weight excluding hydrogens is 348 g/mol. The number of hydrogen-bond acceptors (Lipinski definition) is 5. The predicted octanol–water partition coefficient (Wildman–Crippen LogP) is 2.80. The highest BCUT2D eigenvalue weighted by Gasteiger charge is 2.32. The van der Waals surface area contributed by atoms with Crippen LogP contribution in [0.2, 0.25) is 0 Å². The molecule has 2 atom stereocenters. The van der Waals surface area contributed by atoms with Gasteiger partial charge in [-0.25, -0.2) is 4.79 Å². The van der Waals surface area contributed by atoms with Gasteiger partial charge in [-0.2, -0.15) is 0 Å². The molecule has 1 aliphatic rings. The Bertz CT molecular complexity index is 703. The highest BCUT2D eigenvalue weighted by atomic mass is 16.5. The van der Waals surface area contributed by atoms with E-state index in [1.807, 2.05) is 0 Å². The second kappa shape index (κ2) is 9.17. The predicted molar refractivity (Wildman–Crippen MR) is 101 cm³/mol. The molecule has 2 heterocycles. The van der Waals surface area contributed by atoms with Crippen LogP contribution in [0.3, 0.4) is 0 Å². The van der Waals surface area contributed by atoms with Crippen LogP contribution in [0.1, 0.15) is 72.1 Å². The van der Waals surface area contributed by atoms with E-state index in [4.69, 9.17) is 9.47 Å². The molecule has 0 radical (unpaired) electrons. The summed E-state index contributed by atoms with van der Waals surface area (Å²) in [5, 5.41) is 0. The molecular formula is C20H30N2O5. The van der Waals surface area contributed by atoms with Crippen molar-refractivity contribution in [3.8, 4) is 0 Å². The van der Waals surface area contributed by atoms with Gasteiger partial charge in [-0.1, -0.05) is 6.92 Å². The van der Waals surface area contributed by atoms with E-state index in [-0.39, 0.29) is 30.1 Å². The minimum absolute atomic E-state index is 0.0285. The lowest BCUT2D eigenvalue weighted by Gasteiger charge is -2.30. The summed E-state index contributed by atoms with van der Waals surface area (Å²) in [7, 11) is 0. The molecule has 0 aliphatic carbocycles. The van der Waals surface area contributed by atoms with Crippen LogP contribution in [0.15, 0.2) is 0 Å². The smallest absolute Gasteiger partial charge is 0.355 e. The summed E-state index contributed by atoms with van der Waals surface area (Å²) in [6.07, 6.45) is 2.16. The number of aryl methyl sites for hydroxylation is 1. The fraction of sp³-hybridized carbons (Fsp3) is 0.650. The monoisotopic (exact) mass is 378 g/mol. The third kappa shape index (κ3) is 4.58. The van der Waals surface area contributed by atoms with Gasteiger partial charge in [0.1, 0.15) is 5.69 Å². The van der Waals surface area contributed by atoms with Gasteiger partial charge < -0.3 is 19.4 Å². The summed E-state index contributed by atoms with van der Waals surface area (Å²) >= 11 is 0. The molecule has 2 unspecified atom stereocenters. The minimum Gasteiger partial charge on any atom is -0.461 e. The van der Waals surface area contributed by atoms with Gasteiger partial charge in [0, 0.05) is 30.8 Å². The number of amides is 1. The Kier molecular flexibility index (Phi) is 7.18. The van der Waals surface area contributed by atoms with E-state index in [0.29, 0.717) is 36.4 Å². The lowest BCUT2D eigenvalue weighted by Crippen LogP contribution is -2.46. The molecule has 1 saturated heterocycles. The van der Waals surface area contributed by atoms with Gasteiger partial charge in [0.15, 0.2) is 5.78 Å². The molecule has 150 valence electrons. The van der Waals surface area contributed by atoms with Crippen molar-refractivity contribution < 1.29 is 23.9 Å². The molecule has 27 heavy (non-hydrogen) atoms. The first-order chi connectivity index (χ1) is 12.8. The second-order valence-electron chi connectivity index (χ2n) is 6.92. The number of ketones is 1. The standard InChI is InChI=1S/C20H30N2O5/c1-6-16(23)22(11-15-9-8-10-27-15)14(5)19(24)17-12(3)18(21-13(17)4)20(25)26-7-2/h14-15,21H,6-11H2,1-5H3. The molecule has 7 nitrogen and oxygen atoms in total. The highest BCUT2D eigenvalue weighted by Crippen LogP contribution is 2.23. The normalized spacial score (nSPS) is 17.6.